The largest absolute Gasteiger partial charge is 0.464 e. The van der Waals surface area contributed by atoms with Gasteiger partial charge in [0.25, 0.3) is 0 Å². The zero-order valence-corrected chi connectivity index (χ0v) is 8.86. The second kappa shape index (κ2) is 4.79. The highest BCUT2D eigenvalue weighted by Crippen LogP contribution is 2.12. The summed E-state index contributed by atoms with van der Waals surface area (Å²) >= 11 is 0. The molecule has 78 valence electrons. The molecule has 1 heterocycles. The van der Waals surface area contributed by atoms with Gasteiger partial charge in [-0.3, -0.25) is 4.68 Å². The molecule has 14 heavy (non-hydrogen) atoms. The SMILES string of the molecule is CCOC(=O)C(CC)n1ccc(C)n1. The fourth-order valence-electron chi connectivity index (χ4n) is 1.31. The maximum Gasteiger partial charge on any atom is 0.330 e. The molecular formula is C10H16N2O2. The quantitative estimate of drug-likeness (QED) is 0.688. The molecule has 1 unspecified atom stereocenters. The first-order valence-electron chi connectivity index (χ1n) is 4.87. The molecule has 4 heteroatoms. The lowest BCUT2D eigenvalue weighted by Gasteiger charge is -2.13. The molecule has 1 atom stereocenters. The molecule has 1 aromatic heterocycles. The van der Waals surface area contributed by atoms with Crippen LogP contribution in [0.4, 0.5) is 0 Å². The average Bonchev–Trinajstić information content (AvgIpc) is 2.54. The van der Waals surface area contributed by atoms with Crippen LogP contribution >= 0.6 is 0 Å². The van der Waals surface area contributed by atoms with Gasteiger partial charge in [-0.1, -0.05) is 6.92 Å². The fourth-order valence-corrected chi connectivity index (χ4v) is 1.31. The third kappa shape index (κ3) is 2.34. The van der Waals surface area contributed by atoms with E-state index in [4.69, 9.17) is 4.74 Å². The lowest BCUT2D eigenvalue weighted by atomic mass is 10.2. The first kappa shape index (κ1) is 10.8. The van der Waals surface area contributed by atoms with Gasteiger partial charge in [-0.15, -0.1) is 0 Å². The third-order valence-corrected chi connectivity index (χ3v) is 2.01. The first-order chi connectivity index (χ1) is 6.69. The zero-order chi connectivity index (χ0) is 10.6. The van der Waals surface area contributed by atoms with E-state index in [-0.39, 0.29) is 12.0 Å². The van der Waals surface area contributed by atoms with E-state index < -0.39 is 0 Å². The Labute approximate surface area is 83.9 Å². The van der Waals surface area contributed by atoms with Gasteiger partial charge < -0.3 is 4.74 Å². The Kier molecular flexibility index (Phi) is 3.68. The van der Waals surface area contributed by atoms with Crippen molar-refractivity contribution in [3.8, 4) is 0 Å². The van der Waals surface area contributed by atoms with Gasteiger partial charge in [0.1, 0.15) is 6.04 Å². The number of nitrogens with zero attached hydrogens (tertiary/aromatic N) is 2. The molecule has 0 saturated carbocycles. The van der Waals surface area contributed by atoms with Crippen molar-refractivity contribution >= 4 is 5.97 Å². The number of aromatic nitrogens is 2. The van der Waals surface area contributed by atoms with Crippen LogP contribution < -0.4 is 0 Å². The van der Waals surface area contributed by atoms with E-state index in [2.05, 4.69) is 5.10 Å². The molecule has 0 aliphatic heterocycles. The maximum absolute atomic E-state index is 11.5. The highest BCUT2D eigenvalue weighted by atomic mass is 16.5. The van der Waals surface area contributed by atoms with Crippen LogP contribution in [0.3, 0.4) is 0 Å². The van der Waals surface area contributed by atoms with Gasteiger partial charge in [0.2, 0.25) is 0 Å². The molecule has 1 aromatic rings. The summed E-state index contributed by atoms with van der Waals surface area (Å²) in [5, 5.41) is 4.20. The van der Waals surface area contributed by atoms with E-state index in [1.165, 1.54) is 0 Å². The highest BCUT2D eigenvalue weighted by molar-refractivity contribution is 5.73. The van der Waals surface area contributed by atoms with Crippen molar-refractivity contribution in [3.05, 3.63) is 18.0 Å². The minimum atomic E-state index is -0.288. The summed E-state index contributed by atoms with van der Waals surface area (Å²) in [6.07, 6.45) is 2.50. The van der Waals surface area contributed by atoms with E-state index in [9.17, 15) is 4.79 Å². The van der Waals surface area contributed by atoms with Crippen LogP contribution in [0.2, 0.25) is 0 Å². The van der Waals surface area contributed by atoms with Crippen molar-refractivity contribution in [1.82, 2.24) is 9.78 Å². The van der Waals surface area contributed by atoms with Gasteiger partial charge in [-0.25, -0.2) is 4.79 Å². The molecule has 0 fully saturated rings. The minimum absolute atomic E-state index is 0.210. The maximum atomic E-state index is 11.5. The summed E-state index contributed by atoms with van der Waals surface area (Å²) < 4.78 is 6.62. The summed E-state index contributed by atoms with van der Waals surface area (Å²) in [4.78, 5) is 11.5. The summed E-state index contributed by atoms with van der Waals surface area (Å²) in [6, 6.07) is 1.59. The van der Waals surface area contributed by atoms with Crippen LogP contribution in [0.25, 0.3) is 0 Å². The van der Waals surface area contributed by atoms with Crippen LogP contribution in [-0.2, 0) is 9.53 Å². The molecule has 0 amide bonds. The second-order valence-electron chi connectivity index (χ2n) is 3.11. The molecule has 0 aromatic carbocycles. The Balaban J connectivity index is 2.76. The number of hydrogen-bond acceptors (Lipinski definition) is 3. The van der Waals surface area contributed by atoms with Crippen molar-refractivity contribution < 1.29 is 9.53 Å². The number of aryl methyl sites for hydroxylation is 1. The molecule has 0 aliphatic carbocycles. The molecule has 0 bridgehead atoms. The van der Waals surface area contributed by atoms with E-state index in [1.807, 2.05) is 19.9 Å². The highest BCUT2D eigenvalue weighted by Gasteiger charge is 2.19. The Morgan fingerprint density at radius 2 is 2.36 bits per heavy atom. The number of ether oxygens (including phenoxy) is 1. The normalized spacial score (nSPS) is 12.5. The smallest absolute Gasteiger partial charge is 0.330 e. The number of hydrogen-bond donors (Lipinski definition) is 0. The van der Waals surface area contributed by atoms with Gasteiger partial charge in [0.15, 0.2) is 0 Å². The van der Waals surface area contributed by atoms with Gasteiger partial charge >= 0.3 is 5.97 Å². The second-order valence-corrected chi connectivity index (χ2v) is 3.11. The lowest BCUT2D eigenvalue weighted by Crippen LogP contribution is -2.21. The fraction of sp³-hybridized carbons (Fsp3) is 0.600. The number of esters is 1. The van der Waals surface area contributed by atoms with Gasteiger partial charge in [0.05, 0.1) is 12.3 Å². The van der Waals surface area contributed by atoms with E-state index in [0.29, 0.717) is 13.0 Å². The average molecular weight is 196 g/mol. The van der Waals surface area contributed by atoms with Crippen molar-refractivity contribution in [2.24, 2.45) is 0 Å². The first-order valence-corrected chi connectivity index (χ1v) is 4.87. The monoisotopic (exact) mass is 196 g/mol. The standard InChI is InChI=1S/C10H16N2O2/c1-4-9(10(13)14-5-2)12-7-6-8(3)11-12/h6-7,9H,4-5H2,1-3H3. The Morgan fingerprint density at radius 1 is 1.64 bits per heavy atom. The summed E-state index contributed by atoms with van der Waals surface area (Å²) in [6.45, 7) is 6.06. The van der Waals surface area contributed by atoms with Crippen molar-refractivity contribution in [2.75, 3.05) is 6.61 Å². The van der Waals surface area contributed by atoms with Crippen LogP contribution in [-0.4, -0.2) is 22.4 Å². The van der Waals surface area contributed by atoms with Crippen LogP contribution in [0.5, 0.6) is 0 Å². The van der Waals surface area contributed by atoms with Gasteiger partial charge in [0, 0.05) is 6.20 Å². The molecule has 0 aliphatic rings. The summed E-state index contributed by atoms with van der Waals surface area (Å²) in [7, 11) is 0. The zero-order valence-electron chi connectivity index (χ0n) is 8.86. The van der Waals surface area contributed by atoms with Crippen molar-refractivity contribution in [3.63, 3.8) is 0 Å². The van der Waals surface area contributed by atoms with Crippen LogP contribution in [0, 0.1) is 6.92 Å². The molecule has 1 rings (SSSR count). The molecule has 4 nitrogen and oxygen atoms in total. The molecule has 0 radical (unpaired) electrons. The van der Waals surface area contributed by atoms with Crippen molar-refractivity contribution in [2.45, 2.75) is 33.2 Å². The minimum Gasteiger partial charge on any atom is -0.464 e. The molecule has 0 N–H and O–H groups in total. The van der Waals surface area contributed by atoms with Crippen molar-refractivity contribution in [1.29, 1.82) is 0 Å². The Hall–Kier alpha value is -1.32. The topological polar surface area (TPSA) is 44.1 Å². The van der Waals surface area contributed by atoms with Crippen LogP contribution in [0.1, 0.15) is 32.0 Å². The van der Waals surface area contributed by atoms with E-state index >= 15 is 0 Å². The summed E-state index contributed by atoms with van der Waals surface area (Å²) in [5.41, 5.74) is 0.910. The summed E-state index contributed by atoms with van der Waals surface area (Å²) in [5.74, 6) is -0.210. The number of rotatable bonds is 4. The predicted octanol–water partition coefficient (Wildman–Crippen LogP) is 1.71. The number of carbonyl (C=O) groups is 1. The number of carbonyl (C=O) groups excluding carboxylic acids is 1. The van der Waals surface area contributed by atoms with Gasteiger partial charge in [-0.2, -0.15) is 5.10 Å². The third-order valence-electron chi connectivity index (χ3n) is 2.01. The van der Waals surface area contributed by atoms with E-state index in [1.54, 1.807) is 17.8 Å². The molecule has 0 spiro atoms. The molecular weight excluding hydrogens is 180 g/mol. The van der Waals surface area contributed by atoms with Gasteiger partial charge in [-0.05, 0) is 26.3 Å². The lowest BCUT2D eigenvalue weighted by molar-refractivity contribution is -0.147. The van der Waals surface area contributed by atoms with E-state index in [0.717, 1.165) is 5.69 Å². The van der Waals surface area contributed by atoms with Crippen LogP contribution in [0.15, 0.2) is 12.3 Å². The predicted molar refractivity (Wildman–Crippen MR) is 52.9 cm³/mol. The Morgan fingerprint density at radius 3 is 2.79 bits per heavy atom. The Bertz CT molecular complexity index is 307. The molecule has 0 saturated heterocycles.